The zero-order valence-electron chi connectivity index (χ0n) is 15.9. The van der Waals surface area contributed by atoms with Crippen molar-refractivity contribution >= 4 is 11.6 Å². The van der Waals surface area contributed by atoms with Gasteiger partial charge in [0.05, 0.1) is 32.1 Å². The Hall–Kier alpha value is -2.37. The van der Waals surface area contributed by atoms with Crippen LogP contribution in [0.2, 0.25) is 0 Å². The third kappa shape index (κ3) is 3.01. The number of fused-ring (bicyclic) bond motifs is 2. The zero-order chi connectivity index (χ0) is 18.9. The van der Waals surface area contributed by atoms with Crippen LogP contribution in [0.5, 0.6) is 5.75 Å². The van der Waals surface area contributed by atoms with Crippen molar-refractivity contribution in [1.29, 1.82) is 0 Å². The fourth-order valence-electron chi connectivity index (χ4n) is 3.80. The van der Waals surface area contributed by atoms with Crippen molar-refractivity contribution in [2.45, 2.75) is 39.0 Å². The summed E-state index contributed by atoms with van der Waals surface area (Å²) in [5.41, 5.74) is 3.69. The minimum atomic E-state index is -1.31. The molecular formula is C22H25NO4. The lowest BCUT2D eigenvalue weighted by molar-refractivity contribution is -0.256. The van der Waals surface area contributed by atoms with E-state index in [1.165, 1.54) is 0 Å². The Kier molecular flexibility index (Phi) is 4.89. The van der Waals surface area contributed by atoms with Crippen molar-refractivity contribution in [3.63, 3.8) is 0 Å². The number of nitrogens with zero attached hydrogens (tertiary/aromatic N) is 1. The van der Waals surface area contributed by atoms with Gasteiger partial charge < -0.3 is 19.1 Å². The molecule has 2 heterocycles. The van der Waals surface area contributed by atoms with Crippen molar-refractivity contribution in [1.82, 2.24) is 0 Å². The number of amides is 1. The minimum Gasteiger partial charge on any atom is -0.493 e. The summed E-state index contributed by atoms with van der Waals surface area (Å²) in [6.45, 7) is 6.20. The predicted molar refractivity (Wildman–Crippen MR) is 103 cm³/mol. The lowest BCUT2D eigenvalue weighted by Crippen LogP contribution is -2.47. The molecule has 1 fully saturated rings. The standard InChI is InChI=1S/C22H25NO4/c1-3-12-25-19-11-5-4-9-17(19)15-23-20-16(2)8-6-10-18(20)22(21(23)24)26-13-7-14-27-22/h4-6,8-11H,3,7,12-15H2,1-2H3. The number of ether oxygens (including phenoxy) is 3. The fourth-order valence-corrected chi connectivity index (χ4v) is 3.80. The number of anilines is 1. The summed E-state index contributed by atoms with van der Waals surface area (Å²) in [5, 5.41) is 0. The van der Waals surface area contributed by atoms with E-state index in [4.69, 9.17) is 14.2 Å². The number of para-hydroxylation sites is 2. The minimum absolute atomic E-state index is 0.156. The highest BCUT2D eigenvalue weighted by molar-refractivity contribution is 6.06. The summed E-state index contributed by atoms with van der Waals surface area (Å²) < 4.78 is 17.8. The summed E-state index contributed by atoms with van der Waals surface area (Å²) >= 11 is 0. The number of hydrogen-bond acceptors (Lipinski definition) is 4. The molecule has 0 N–H and O–H groups in total. The first-order chi connectivity index (χ1) is 13.2. The van der Waals surface area contributed by atoms with Gasteiger partial charge in [-0.15, -0.1) is 0 Å². The maximum Gasteiger partial charge on any atom is 0.292 e. The molecule has 2 aromatic carbocycles. The Morgan fingerprint density at radius 1 is 1.11 bits per heavy atom. The molecule has 1 amide bonds. The smallest absolute Gasteiger partial charge is 0.292 e. The van der Waals surface area contributed by atoms with Gasteiger partial charge in [0.2, 0.25) is 0 Å². The van der Waals surface area contributed by atoms with Gasteiger partial charge >= 0.3 is 0 Å². The highest BCUT2D eigenvalue weighted by Crippen LogP contribution is 2.47. The molecule has 2 aliphatic rings. The maximum absolute atomic E-state index is 13.5. The van der Waals surface area contributed by atoms with E-state index in [1.807, 2.05) is 49.4 Å². The van der Waals surface area contributed by atoms with E-state index in [2.05, 4.69) is 6.92 Å². The molecule has 5 nitrogen and oxygen atoms in total. The monoisotopic (exact) mass is 367 g/mol. The molecule has 142 valence electrons. The van der Waals surface area contributed by atoms with E-state index >= 15 is 0 Å². The Bertz CT molecular complexity index is 842. The van der Waals surface area contributed by atoms with Gasteiger partial charge in [0.25, 0.3) is 11.7 Å². The van der Waals surface area contributed by atoms with Gasteiger partial charge in [0, 0.05) is 11.1 Å². The third-order valence-corrected chi connectivity index (χ3v) is 5.05. The molecule has 1 saturated heterocycles. The second kappa shape index (κ2) is 7.33. The zero-order valence-corrected chi connectivity index (χ0v) is 15.9. The van der Waals surface area contributed by atoms with Gasteiger partial charge in [-0.1, -0.05) is 43.3 Å². The summed E-state index contributed by atoms with van der Waals surface area (Å²) in [6, 6.07) is 13.8. The molecule has 0 radical (unpaired) electrons. The SMILES string of the molecule is CCCOc1ccccc1CN1C(=O)C2(OCCCO2)c2cccc(C)c21. The second-order valence-electron chi connectivity index (χ2n) is 6.99. The number of hydrogen-bond donors (Lipinski definition) is 0. The quantitative estimate of drug-likeness (QED) is 0.804. The third-order valence-electron chi connectivity index (χ3n) is 5.05. The van der Waals surface area contributed by atoms with Crippen LogP contribution in [0, 0.1) is 6.92 Å². The second-order valence-corrected chi connectivity index (χ2v) is 6.99. The highest BCUT2D eigenvalue weighted by Gasteiger charge is 2.55. The summed E-state index contributed by atoms with van der Waals surface area (Å²) in [6.07, 6.45) is 1.73. The van der Waals surface area contributed by atoms with Crippen LogP contribution in [0.15, 0.2) is 42.5 Å². The van der Waals surface area contributed by atoms with Crippen molar-refractivity contribution in [2.24, 2.45) is 0 Å². The molecule has 0 unspecified atom stereocenters. The molecular weight excluding hydrogens is 342 g/mol. The van der Waals surface area contributed by atoms with E-state index in [-0.39, 0.29) is 5.91 Å². The Balaban J connectivity index is 1.73. The van der Waals surface area contributed by atoms with Crippen LogP contribution < -0.4 is 9.64 Å². The average molecular weight is 367 g/mol. The number of rotatable bonds is 5. The largest absolute Gasteiger partial charge is 0.493 e. The Morgan fingerprint density at radius 3 is 2.67 bits per heavy atom. The molecule has 2 aliphatic heterocycles. The van der Waals surface area contributed by atoms with Crippen LogP contribution in [0.4, 0.5) is 5.69 Å². The van der Waals surface area contributed by atoms with Gasteiger partial charge in [-0.2, -0.15) is 0 Å². The Labute approximate surface area is 159 Å². The molecule has 0 bridgehead atoms. The van der Waals surface area contributed by atoms with E-state index in [9.17, 15) is 4.79 Å². The van der Waals surface area contributed by atoms with Crippen LogP contribution in [0.3, 0.4) is 0 Å². The molecule has 27 heavy (non-hydrogen) atoms. The maximum atomic E-state index is 13.5. The lowest BCUT2D eigenvalue weighted by atomic mass is 10.0. The summed E-state index contributed by atoms with van der Waals surface area (Å²) in [4.78, 5) is 15.2. The first kappa shape index (κ1) is 18.0. The van der Waals surface area contributed by atoms with Crippen molar-refractivity contribution in [3.05, 3.63) is 59.2 Å². The van der Waals surface area contributed by atoms with Gasteiger partial charge in [-0.25, -0.2) is 0 Å². The molecule has 2 aromatic rings. The normalized spacial score (nSPS) is 18.0. The van der Waals surface area contributed by atoms with Crippen LogP contribution in [0.25, 0.3) is 0 Å². The highest BCUT2D eigenvalue weighted by atomic mass is 16.7. The molecule has 1 spiro atoms. The molecule has 0 atom stereocenters. The number of aryl methyl sites for hydroxylation is 1. The number of carbonyl (C=O) groups is 1. The Morgan fingerprint density at radius 2 is 1.89 bits per heavy atom. The van der Waals surface area contributed by atoms with Crippen LogP contribution in [-0.4, -0.2) is 25.7 Å². The molecule has 4 rings (SSSR count). The van der Waals surface area contributed by atoms with Gasteiger partial charge in [0.1, 0.15) is 5.75 Å². The van der Waals surface area contributed by atoms with E-state index < -0.39 is 5.79 Å². The fraction of sp³-hybridized carbons (Fsp3) is 0.409. The van der Waals surface area contributed by atoms with Crippen molar-refractivity contribution in [3.8, 4) is 5.75 Å². The molecule has 0 aromatic heterocycles. The molecule has 0 saturated carbocycles. The first-order valence-electron chi connectivity index (χ1n) is 9.58. The van der Waals surface area contributed by atoms with E-state index in [0.29, 0.717) is 26.4 Å². The van der Waals surface area contributed by atoms with Gasteiger partial charge in [-0.05, 0) is 31.4 Å². The lowest BCUT2D eigenvalue weighted by Gasteiger charge is -2.32. The van der Waals surface area contributed by atoms with Gasteiger partial charge in [-0.3, -0.25) is 4.79 Å². The number of carbonyl (C=O) groups excluding carboxylic acids is 1. The summed E-state index contributed by atoms with van der Waals surface area (Å²) in [7, 11) is 0. The van der Waals surface area contributed by atoms with Gasteiger partial charge in [0.15, 0.2) is 0 Å². The van der Waals surface area contributed by atoms with Crippen LogP contribution in [0.1, 0.15) is 36.5 Å². The van der Waals surface area contributed by atoms with Crippen LogP contribution in [-0.2, 0) is 26.6 Å². The van der Waals surface area contributed by atoms with E-state index in [0.717, 1.165) is 41.0 Å². The molecule has 0 aliphatic carbocycles. The summed E-state index contributed by atoms with van der Waals surface area (Å²) in [5.74, 6) is -0.649. The predicted octanol–water partition coefficient (Wildman–Crippen LogP) is 3.92. The number of benzene rings is 2. The van der Waals surface area contributed by atoms with Crippen molar-refractivity contribution < 1.29 is 19.0 Å². The van der Waals surface area contributed by atoms with Crippen molar-refractivity contribution in [2.75, 3.05) is 24.7 Å². The average Bonchev–Trinajstić information content (AvgIpc) is 2.92. The molecule has 5 heteroatoms. The topological polar surface area (TPSA) is 48.0 Å². The first-order valence-corrected chi connectivity index (χ1v) is 9.58. The van der Waals surface area contributed by atoms with Crippen LogP contribution >= 0.6 is 0 Å². The van der Waals surface area contributed by atoms with E-state index in [1.54, 1.807) is 4.90 Å².